The smallest absolute Gasteiger partial charge is 0.161 e. The lowest BCUT2D eigenvalue weighted by Crippen LogP contribution is -2.14. The largest absolute Gasteiger partial charge is 0.228 e. The van der Waals surface area contributed by atoms with E-state index in [1.165, 1.54) is 55.3 Å². The Morgan fingerprint density at radius 3 is 1.36 bits per heavy atom. The average Bonchev–Trinajstić information content (AvgIpc) is 3.56. The van der Waals surface area contributed by atoms with Crippen LogP contribution in [0, 0.1) is 0 Å². The fourth-order valence-corrected chi connectivity index (χ4v) is 9.34. The highest BCUT2D eigenvalue weighted by Gasteiger charge is 2.37. The van der Waals surface area contributed by atoms with Gasteiger partial charge in [0, 0.05) is 22.1 Å². The second-order valence-electron chi connectivity index (χ2n) is 16.6. The molecule has 2 nitrogen and oxygen atoms in total. The van der Waals surface area contributed by atoms with Gasteiger partial charge in [0.25, 0.3) is 0 Å². The van der Waals surface area contributed by atoms with Crippen LogP contribution in [-0.4, -0.2) is 9.97 Å². The summed E-state index contributed by atoms with van der Waals surface area (Å²) < 4.78 is 0. The van der Waals surface area contributed by atoms with E-state index in [0.29, 0.717) is 5.82 Å². The van der Waals surface area contributed by atoms with Gasteiger partial charge in [-0.3, -0.25) is 0 Å². The third-order valence-electron chi connectivity index (χ3n) is 12.5. The first-order valence-electron chi connectivity index (χ1n) is 21.1. The molecule has 0 unspecified atom stereocenters. The van der Waals surface area contributed by atoms with E-state index in [1.54, 1.807) is 0 Å². The molecule has 0 bridgehead atoms. The fourth-order valence-electron chi connectivity index (χ4n) is 9.34. The van der Waals surface area contributed by atoms with Gasteiger partial charge in [-0.05, 0) is 114 Å². The van der Waals surface area contributed by atoms with Crippen molar-refractivity contribution in [3.05, 3.63) is 230 Å². The molecule has 0 atom stereocenters. The van der Waals surface area contributed by atoms with Crippen molar-refractivity contribution in [2.75, 3.05) is 0 Å². The van der Waals surface area contributed by atoms with Gasteiger partial charge in [0.2, 0.25) is 0 Å². The van der Waals surface area contributed by atoms with Gasteiger partial charge in [-0.15, -0.1) is 0 Å². The van der Waals surface area contributed by atoms with Crippen LogP contribution in [0.25, 0.3) is 100 Å². The number of hydrogen-bond acceptors (Lipinski definition) is 2. The topological polar surface area (TPSA) is 25.8 Å². The molecule has 2 heteroatoms. The van der Waals surface area contributed by atoms with Crippen molar-refractivity contribution < 1.29 is 0 Å². The maximum absolute atomic E-state index is 5.38. The molecule has 0 aliphatic heterocycles. The van der Waals surface area contributed by atoms with E-state index in [1.807, 2.05) is 0 Å². The van der Waals surface area contributed by atoms with Crippen molar-refractivity contribution in [1.29, 1.82) is 0 Å². The van der Waals surface area contributed by atoms with Gasteiger partial charge in [-0.2, -0.15) is 0 Å². The average molecular weight is 779 g/mol. The quantitative estimate of drug-likeness (QED) is 0.161. The monoisotopic (exact) mass is 778 g/mol. The molecule has 0 amide bonds. The van der Waals surface area contributed by atoms with Crippen LogP contribution in [0.5, 0.6) is 0 Å². The first kappa shape index (κ1) is 36.4. The van der Waals surface area contributed by atoms with Gasteiger partial charge in [0.15, 0.2) is 5.82 Å². The number of nitrogens with zero attached hydrogens (tertiary/aromatic N) is 2. The molecule has 61 heavy (non-hydrogen) atoms. The van der Waals surface area contributed by atoms with E-state index in [2.05, 4.69) is 232 Å². The first-order valence-corrected chi connectivity index (χ1v) is 21.1. The molecule has 1 aliphatic carbocycles. The molecule has 0 spiro atoms. The van der Waals surface area contributed by atoms with Crippen LogP contribution in [0.2, 0.25) is 0 Å². The Bertz CT molecular complexity index is 3170. The van der Waals surface area contributed by atoms with Crippen molar-refractivity contribution in [1.82, 2.24) is 9.97 Å². The fraction of sp³-hybridized carbons (Fsp3) is 0.0508. The number of fused-ring (bicyclic) bond motifs is 4. The minimum atomic E-state index is -0.115. The van der Waals surface area contributed by atoms with Gasteiger partial charge >= 0.3 is 0 Å². The Morgan fingerprint density at radius 2 is 0.738 bits per heavy atom. The summed E-state index contributed by atoms with van der Waals surface area (Å²) in [7, 11) is 0. The molecule has 0 fully saturated rings. The summed E-state index contributed by atoms with van der Waals surface area (Å²) in [6.45, 7) is 4.72. The molecule has 11 rings (SSSR count). The maximum atomic E-state index is 5.38. The molecule has 9 aromatic carbocycles. The third-order valence-corrected chi connectivity index (χ3v) is 12.5. The van der Waals surface area contributed by atoms with Crippen molar-refractivity contribution in [3.8, 4) is 89.5 Å². The Hall–Kier alpha value is -7.68. The zero-order valence-corrected chi connectivity index (χ0v) is 34.2. The second-order valence-corrected chi connectivity index (χ2v) is 16.6. The first-order chi connectivity index (χ1) is 30.0. The summed E-state index contributed by atoms with van der Waals surface area (Å²) in [6, 6.07) is 78.5. The van der Waals surface area contributed by atoms with Crippen LogP contribution in [0.4, 0.5) is 0 Å². The molecule has 0 N–H and O–H groups in total. The lowest BCUT2D eigenvalue weighted by Gasteiger charge is -2.22. The van der Waals surface area contributed by atoms with Crippen molar-refractivity contribution >= 4 is 10.8 Å². The van der Waals surface area contributed by atoms with Crippen LogP contribution < -0.4 is 0 Å². The van der Waals surface area contributed by atoms with Gasteiger partial charge in [0.05, 0.1) is 11.4 Å². The Morgan fingerprint density at radius 1 is 0.295 bits per heavy atom. The van der Waals surface area contributed by atoms with E-state index < -0.39 is 0 Å². The Kier molecular flexibility index (Phi) is 8.86. The van der Waals surface area contributed by atoms with Crippen LogP contribution in [0.3, 0.4) is 0 Å². The summed E-state index contributed by atoms with van der Waals surface area (Å²) in [6.07, 6.45) is 0. The lowest BCUT2D eigenvalue weighted by atomic mass is 9.81. The minimum absolute atomic E-state index is 0.115. The maximum Gasteiger partial charge on any atom is 0.161 e. The van der Waals surface area contributed by atoms with Crippen molar-refractivity contribution in [2.45, 2.75) is 19.3 Å². The molecule has 0 radical (unpaired) electrons. The van der Waals surface area contributed by atoms with Crippen LogP contribution in [-0.2, 0) is 5.41 Å². The van der Waals surface area contributed by atoms with Crippen LogP contribution in [0.1, 0.15) is 25.0 Å². The summed E-state index contributed by atoms with van der Waals surface area (Å²) in [5, 5.41) is 2.55. The highest BCUT2D eigenvalue weighted by Crippen LogP contribution is 2.53. The van der Waals surface area contributed by atoms with Gasteiger partial charge in [0.1, 0.15) is 0 Å². The molecule has 0 saturated carbocycles. The summed E-state index contributed by atoms with van der Waals surface area (Å²) in [5.74, 6) is 0.687. The van der Waals surface area contributed by atoms with Gasteiger partial charge in [-0.1, -0.05) is 196 Å². The predicted molar refractivity (Wildman–Crippen MR) is 255 cm³/mol. The number of benzene rings is 9. The normalized spacial score (nSPS) is 12.6. The van der Waals surface area contributed by atoms with E-state index in [0.717, 1.165) is 50.3 Å². The van der Waals surface area contributed by atoms with E-state index in [9.17, 15) is 0 Å². The molecule has 10 aromatic rings. The van der Waals surface area contributed by atoms with E-state index in [4.69, 9.17) is 9.97 Å². The molecule has 1 aliphatic rings. The van der Waals surface area contributed by atoms with Crippen molar-refractivity contribution in [2.24, 2.45) is 0 Å². The standard InChI is InChI=1S/C59H42N2/c1-59(2)53-32-16-31-50(57(53)52-36-43-21-9-10-22-44(43)37-54(52)59)46-26-15-25-45(35-46)49-29-11-12-30-51(49)58-60-55(47-27-13-23-41(33-47)39-17-5-3-6-18-39)38-56(61-58)48-28-14-24-42(34-48)40-19-7-4-8-20-40/h3-38H,1-2H3. The summed E-state index contributed by atoms with van der Waals surface area (Å²) in [4.78, 5) is 10.8. The molecule has 1 heterocycles. The third kappa shape index (κ3) is 6.54. The Balaban J connectivity index is 1.06. The minimum Gasteiger partial charge on any atom is -0.228 e. The van der Waals surface area contributed by atoms with E-state index in [-0.39, 0.29) is 5.41 Å². The van der Waals surface area contributed by atoms with Crippen LogP contribution >= 0.6 is 0 Å². The molecule has 1 aromatic heterocycles. The van der Waals surface area contributed by atoms with Gasteiger partial charge in [-0.25, -0.2) is 9.97 Å². The SMILES string of the molecule is CC1(C)c2cc3ccccc3cc2-c2c(-c3cccc(-c4ccccc4-c4nc(-c5cccc(-c6ccccc6)c5)cc(-c5cccc(-c6ccccc6)c5)n4)c3)cccc21. The highest BCUT2D eigenvalue weighted by molar-refractivity contribution is 5.99. The predicted octanol–water partition coefficient (Wildman–Crippen LogP) is 15.6. The summed E-state index contributed by atoms with van der Waals surface area (Å²) >= 11 is 0. The lowest BCUT2D eigenvalue weighted by molar-refractivity contribution is 0.661. The summed E-state index contributed by atoms with van der Waals surface area (Å²) in [5.41, 5.74) is 19.4. The highest BCUT2D eigenvalue weighted by atomic mass is 14.9. The second kappa shape index (κ2) is 14.9. The molecule has 0 saturated heterocycles. The molecular weight excluding hydrogens is 737 g/mol. The number of aromatic nitrogens is 2. The number of rotatable bonds is 7. The number of hydrogen-bond donors (Lipinski definition) is 0. The molecular formula is C59H42N2. The molecule has 288 valence electrons. The zero-order chi connectivity index (χ0) is 40.9. The zero-order valence-electron chi connectivity index (χ0n) is 34.2. The van der Waals surface area contributed by atoms with Crippen molar-refractivity contribution in [3.63, 3.8) is 0 Å². The Labute approximate surface area is 357 Å². The van der Waals surface area contributed by atoms with E-state index >= 15 is 0 Å². The van der Waals surface area contributed by atoms with Gasteiger partial charge < -0.3 is 0 Å². The van der Waals surface area contributed by atoms with Crippen LogP contribution in [0.15, 0.2) is 218 Å².